The second-order valence-corrected chi connectivity index (χ2v) is 7.85. The Morgan fingerprint density at radius 1 is 1.03 bits per heavy atom. The van der Waals surface area contributed by atoms with E-state index < -0.39 is 6.04 Å². The lowest BCUT2D eigenvalue weighted by Gasteiger charge is -2.31. The Hall–Kier alpha value is -2.99. The van der Waals surface area contributed by atoms with Crippen molar-refractivity contribution in [1.29, 1.82) is 0 Å². The summed E-state index contributed by atoms with van der Waals surface area (Å²) in [6.07, 6.45) is 2.14. The van der Waals surface area contributed by atoms with E-state index in [-0.39, 0.29) is 30.1 Å². The van der Waals surface area contributed by atoms with Gasteiger partial charge in [-0.25, -0.2) is 0 Å². The van der Waals surface area contributed by atoms with E-state index in [1.807, 2.05) is 65.6 Å². The van der Waals surface area contributed by atoms with E-state index in [9.17, 15) is 14.4 Å². The molecule has 0 radical (unpaired) electrons. The highest BCUT2D eigenvalue weighted by molar-refractivity contribution is 5.93. The summed E-state index contributed by atoms with van der Waals surface area (Å²) >= 11 is 0. The van der Waals surface area contributed by atoms with Gasteiger partial charge in [0.1, 0.15) is 0 Å². The minimum atomic E-state index is -0.540. The van der Waals surface area contributed by atoms with Crippen molar-refractivity contribution in [3.8, 4) is 0 Å². The van der Waals surface area contributed by atoms with Crippen LogP contribution in [-0.4, -0.2) is 48.2 Å². The number of benzene rings is 2. The first-order valence-corrected chi connectivity index (χ1v) is 10.4. The van der Waals surface area contributed by atoms with Gasteiger partial charge in [-0.15, -0.1) is 0 Å². The molecule has 2 atom stereocenters. The molecule has 1 aliphatic rings. The topological polar surface area (TPSA) is 78.5 Å². The van der Waals surface area contributed by atoms with Gasteiger partial charge >= 0.3 is 0 Å². The van der Waals surface area contributed by atoms with Gasteiger partial charge in [-0.05, 0) is 50.4 Å². The maximum atomic E-state index is 12.6. The van der Waals surface area contributed by atoms with Gasteiger partial charge in [0.2, 0.25) is 11.8 Å². The summed E-state index contributed by atoms with van der Waals surface area (Å²) in [4.78, 5) is 39.2. The van der Waals surface area contributed by atoms with Crippen LogP contribution in [0.25, 0.3) is 0 Å². The summed E-state index contributed by atoms with van der Waals surface area (Å²) in [5, 5.41) is 5.81. The summed E-state index contributed by atoms with van der Waals surface area (Å²) < 4.78 is 0. The Morgan fingerprint density at radius 2 is 1.70 bits per heavy atom. The van der Waals surface area contributed by atoms with E-state index in [1.165, 1.54) is 6.92 Å². The van der Waals surface area contributed by atoms with Crippen molar-refractivity contribution in [1.82, 2.24) is 10.2 Å². The smallest absolute Gasteiger partial charge is 0.234 e. The van der Waals surface area contributed by atoms with Crippen molar-refractivity contribution in [2.75, 3.05) is 25.0 Å². The first-order chi connectivity index (χ1) is 14.5. The van der Waals surface area contributed by atoms with E-state index in [4.69, 9.17) is 0 Å². The first kappa shape index (κ1) is 21.7. The molecule has 3 rings (SSSR count). The maximum absolute atomic E-state index is 12.6. The zero-order valence-electron chi connectivity index (χ0n) is 17.3. The fourth-order valence-electron chi connectivity index (χ4n) is 3.77. The number of carbonyl (C=O) groups excluding carboxylic acids is 3. The molecule has 6 nitrogen and oxygen atoms in total. The van der Waals surface area contributed by atoms with Crippen LogP contribution >= 0.6 is 0 Å². The van der Waals surface area contributed by atoms with Crippen molar-refractivity contribution in [3.63, 3.8) is 0 Å². The molecule has 0 bridgehead atoms. The maximum Gasteiger partial charge on any atom is 0.234 e. The van der Waals surface area contributed by atoms with E-state index in [0.717, 1.165) is 30.6 Å². The lowest BCUT2D eigenvalue weighted by Crippen LogP contribution is -2.49. The Morgan fingerprint density at radius 3 is 2.37 bits per heavy atom. The number of nitrogens with one attached hydrogen (secondary N) is 2. The average Bonchev–Trinajstić information content (AvgIpc) is 2.75. The fourth-order valence-corrected chi connectivity index (χ4v) is 3.77. The standard InChI is InChI=1S/C24H29N3O3/c1-18(28)22(15-19-9-4-2-5-10-19)26-23(29)17-27-14-8-11-20(16-27)24(30)25-21-12-6-3-7-13-21/h2-7,9-10,12-13,20,22H,8,11,14-17H2,1H3,(H,25,30)(H,26,29). The number of nitrogens with zero attached hydrogens (tertiary/aromatic N) is 1. The number of hydrogen-bond acceptors (Lipinski definition) is 4. The summed E-state index contributed by atoms with van der Waals surface area (Å²) in [5.74, 6) is -0.419. The van der Waals surface area contributed by atoms with Crippen molar-refractivity contribution >= 4 is 23.3 Å². The van der Waals surface area contributed by atoms with Crippen LogP contribution in [-0.2, 0) is 20.8 Å². The van der Waals surface area contributed by atoms with Crippen LogP contribution in [0.5, 0.6) is 0 Å². The Balaban J connectivity index is 1.51. The number of piperidine rings is 1. The monoisotopic (exact) mass is 407 g/mol. The zero-order chi connectivity index (χ0) is 21.3. The molecular weight excluding hydrogens is 378 g/mol. The van der Waals surface area contributed by atoms with Crippen LogP contribution in [0, 0.1) is 5.92 Å². The SMILES string of the molecule is CC(=O)C(Cc1ccccc1)NC(=O)CN1CCCC(C(=O)Nc2ccccc2)C1. The highest BCUT2D eigenvalue weighted by atomic mass is 16.2. The molecule has 30 heavy (non-hydrogen) atoms. The van der Waals surface area contributed by atoms with E-state index in [1.54, 1.807) is 0 Å². The molecule has 0 aromatic heterocycles. The van der Waals surface area contributed by atoms with Crippen molar-refractivity contribution in [2.45, 2.75) is 32.2 Å². The number of carbonyl (C=O) groups is 3. The van der Waals surface area contributed by atoms with Gasteiger partial charge in [0.05, 0.1) is 18.5 Å². The van der Waals surface area contributed by atoms with Crippen LogP contribution in [0.4, 0.5) is 5.69 Å². The van der Waals surface area contributed by atoms with Gasteiger partial charge in [-0.1, -0.05) is 48.5 Å². The number of anilines is 1. The first-order valence-electron chi connectivity index (χ1n) is 10.4. The molecule has 1 heterocycles. The number of rotatable bonds is 8. The van der Waals surface area contributed by atoms with Crippen LogP contribution in [0.1, 0.15) is 25.3 Å². The quantitative estimate of drug-likeness (QED) is 0.705. The van der Waals surface area contributed by atoms with Crippen LogP contribution in [0.15, 0.2) is 60.7 Å². The molecule has 1 aliphatic heterocycles. The number of hydrogen-bond donors (Lipinski definition) is 2. The number of amides is 2. The lowest BCUT2D eigenvalue weighted by molar-refractivity contribution is -0.128. The third-order valence-corrected chi connectivity index (χ3v) is 5.39. The van der Waals surface area contributed by atoms with Crippen LogP contribution in [0.3, 0.4) is 0 Å². The molecule has 0 aliphatic carbocycles. The van der Waals surface area contributed by atoms with E-state index >= 15 is 0 Å². The van der Waals surface area contributed by atoms with Gasteiger partial charge in [0.15, 0.2) is 5.78 Å². The molecule has 2 unspecified atom stereocenters. The largest absolute Gasteiger partial charge is 0.345 e. The third kappa shape index (κ3) is 6.52. The van der Waals surface area contributed by atoms with Gasteiger partial charge in [-0.2, -0.15) is 0 Å². The minimum absolute atomic E-state index is 0.0167. The van der Waals surface area contributed by atoms with Crippen LogP contribution < -0.4 is 10.6 Å². The van der Waals surface area contributed by atoms with Crippen molar-refractivity contribution < 1.29 is 14.4 Å². The fraction of sp³-hybridized carbons (Fsp3) is 0.375. The van der Waals surface area contributed by atoms with Gasteiger partial charge in [0, 0.05) is 12.2 Å². The molecule has 0 saturated carbocycles. The summed E-state index contributed by atoms with van der Waals surface area (Å²) in [7, 11) is 0. The van der Waals surface area contributed by atoms with Gasteiger partial charge in [-0.3, -0.25) is 19.3 Å². The molecule has 1 fully saturated rings. The Kier molecular flexibility index (Phi) is 7.74. The molecule has 2 aromatic carbocycles. The van der Waals surface area contributed by atoms with Crippen molar-refractivity contribution in [2.24, 2.45) is 5.92 Å². The van der Waals surface area contributed by atoms with E-state index in [0.29, 0.717) is 13.0 Å². The summed E-state index contributed by atoms with van der Waals surface area (Å²) in [6, 6.07) is 18.5. The van der Waals surface area contributed by atoms with Gasteiger partial charge in [0.25, 0.3) is 0 Å². The van der Waals surface area contributed by atoms with Gasteiger partial charge < -0.3 is 10.6 Å². The Bertz CT molecular complexity index is 855. The second-order valence-electron chi connectivity index (χ2n) is 7.85. The Labute approximate surface area is 177 Å². The second kappa shape index (κ2) is 10.7. The highest BCUT2D eigenvalue weighted by Gasteiger charge is 2.27. The molecule has 1 saturated heterocycles. The minimum Gasteiger partial charge on any atom is -0.345 e. The predicted molar refractivity (Wildman–Crippen MR) is 117 cm³/mol. The normalized spacial score (nSPS) is 17.7. The van der Waals surface area contributed by atoms with E-state index in [2.05, 4.69) is 10.6 Å². The molecule has 2 N–H and O–H groups in total. The summed E-state index contributed by atoms with van der Waals surface area (Å²) in [6.45, 7) is 2.99. The average molecular weight is 408 g/mol. The van der Waals surface area contributed by atoms with Crippen molar-refractivity contribution in [3.05, 3.63) is 66.2 Å². The number of ketones is 1. The molecule has 2 amide bonds. The number of Topliss-reactive ketones (excluding diaryl/α,β-unsaturated/α-hetero) is 1. The lowest BCUT2D eigenvalue weighted by atomic mass is 9.97. The molecule has 2 aromatic rings. The van der Waals surface area contributed by atoms with Crippen LogP contribution in [0.2, 0.25) is 0 Å². The zero-order valence-corrected chi connectivity index (χ0v) is 17.3. The molecule has 6 heteroatoms. The number of para-hydroxylation sites is 1. The molecule has 0 spiro atoms. The summed E-state index contributed by atoms with van der Waals surface area (Å²) in [5.41, 5.74) is 1.79. The molecular formula is C24H29N3O3. The highest BCUT2D eigenvalue weighted by Crippen LogP contribution is 2.18. The third-order valence-electron chi connectivity index (χ3n) is 5.39. The predicted octanol–water partition coefficient (Wildman–Crippen LogP) is 2.65. The number of likely N-dealkylation sites (tertiary alicyclic amines) is 1. The molecule has 158 valence electrons.